The fourth-order valence-corrected chi connectivity index (χ4v) is 2.50. The Morgan fingerprint density at radius 3 is 2.89 bits per heavy atom. The molecule has 5 heteroatoms. The van der Waals surface area contributed by atoms with Crippen LogP contribution in [0.1, 0.15) is 13.3 Å². The summed E-state index contributed by atoms with van der Waals surface area (Å²) in [6.07, 6.45) is 0.580. The first-order valence-electron chi connectivity index (χ1n) is 6.50. The van der Waals surface area contributed by atoms with Crippen LogP contribution in [0, 0.1) is 5.41 Å². The third-order valence-corrected chi connectivity index (χ3v) is 3.64. The summed E-state index contributed by atoms with van der Waals surface area (Å²) in [4.78, 5) is 14.1. The average molecular weight is 264 g/mol. The molecule has 1 saturated heterocycles. The van der Waals surface area contributed by atoms with Crippen molar-refractivity contribution in [3.8, 4) is 0 Å². The second-order valence-electron chi connectivity index (χ2n) is 4.89. The fourth-order valence-electron chi connectivity index (χ4n) is 2.50. The molecule has 1 fully saturated rings. The van der Waals surface area contributed by atoms with E-state index in [4.69, 9.17) is 10.5 Å². The van der Waals surface area contributed by atoms with Crippen LogP contribution in [-0.2, 0) is 9.53 Å². The van der Waals surface area contributed by atoms with E-state index in [1.165, 1.54) is 0 Å². The van der Waals surface area contributed by atoms with Gasteiger partial charge in [0.15, 0.2) is 0 Å². The van der Waals surface area contributed by atoms with Gasteiger partial charge in [0.2, 0.25) is 0 Å². The maximum Gasteiger partial charge on any atom is 0.316 e. The zero-order valence-electron chi connectivity index (χ0n) is 11.1. The highest BCUT2D eigenvalue weighted by molar-refractivity contribution is 5.80. The molecule has 0 saturated carbocycles. The molecule has 5 nitrogen and oxygen atoms in total. The Bertz CT molecular complexity index is 464. The minimum Gasteiger partial charge on any atom is -0.465 e. The second kappa shape index (κ2) is 5.48. The summed E-state index contributed by atoms with van der Waals surface area (Å²) in [6.45, 7) is 3.03. The molecular weight excluding hydrogens is 244 g/mol. The number of nitrogens with two attached hydrogens (primary N) is 1. The molecule has 0 radical (unpaired) electrons. The third-order valence-electron chi connectivity index (χ3n) is 3.64. The van der Waals surface area contributed by atoms with Crippen molar-refractivity contribution in [2.75, 3.05) is 36.9 Å². The van der Waals surface area contributed by atoms with Gasteiger partial charge in [-0.15, -0.1) is 0 Å². The summed E-state index contributed by atoms with van der Waals surface area (Å²) in [6, 6.07) is 7.54. The highest BCUT2D eigenvalue weighted by Crippen LogP contribution is 2.36. The Morgan fingerprint density at radius 2 is 2.26 bits per heavy atom. The number of ether oxygens (including phenoxy) is 1. The molecule has 2 rings (SSSR count). The van der Waals surface area contributed by atoms with Gasteiger partial charge in [0.05, 0.1) is 24.6 Å². The number of para-hydroxylation sites is 2. The molecule has 0 spiro atoms. The molecule has 1 heterocycles. The van der Waals surface area contributed by atoms with Crippen LogP contribution in [-0.4, -0.2) is 37.4 Å². The quantitative estimate of drug-likeness (QED) is 0.627. The number of hydrogen-bond acceptors (Lipinski definition) is 5. The lowest BCUT2D eigenvalue weighted by atomic mass is 9.88. The van der Waals surface area contributed by atoms with Gasteiger partial charge in [-0.2, -0.15) is 0 Å². The topological polar surface area (TPSA) is 75.8 Å². The van der Waals surface area contributed by atoms with Crippen molar-refractivity contribution in [3.63, 3.8) is 0 Å². The molecule has 104 valence electrons. The number of rotatable bonds is 4. The molecule has 1 aromatic rings. The molecule has 1 aliphatic rings. The monoisotopic (exact) mass is 264 g/mol. The third kappa shape index (κ3) is 2.51. The molecule has 0 amide bonds. The molecule has 1 unspecified atom stereocenters. The summed E-state index contributed by atoms with van der Waals surface area (Å²) in [5.74, 6) is -0.325. The first kappa shape index (κ1) is 13.7. The van der Waals surface area contributed by atoms with Crippen molar-refractivity contribution in [1.29, 1.82) is 0 Å². The Hall–Kier alpha value is -1.75. The highest BCUT2D eigenvalue weighted by Gasteiger charge is 2.45. The lowest BCUT2D eigenvalue weighted by Crippen LogP contribution is -2.39. The first-order chi connectivity index (χ1) is 9.13. The van der Waals surface area contributed by atoms with Gasteiger partial charge >= 0.3 is 5.97 Å². The largest absolute Gasteiger partial charge is 0.465 e. The molecule has 3 N–H and O–H groups in total. The van der Waals surface area contributed by atoms with Crippen molar-refractivity contribution in [2.24, 2.45) is 5.41 Å². The van der Waals surface area contributed by atoms with E-state index < -0.39 is 5.41 Å². The van der Waals surface area contributed by atoms with Crippen LogP contribution in [0.2, 0.25) is 0 Å². The predicted octanol–water partition coefficient (Wildman–Crippen LogP) is 1.02. The molecule has 0 aliphatic carbocycles. The van der Waals surface area contributed by atoms with Gasteiger partial charge in [0, 0.05) is 13.1 Å². The van der Waals surface area contributed by atoms with E-state index in [2.05, 4.69) is 0 Å². The maximum atomic E-state index is 12.0. The maximum absolute atomic E-state index is 12.0. The Balaban J connectivity index is 2.18. The van der Waals surface area contributed by atoms with Crippen LogP contribution in [0.3, 0.4) is 0 Å². The SMILES string of the molecule is CCOC(=O)C1(CO)CCN(c2ccccc2N)C1. The van der Waals surface area contributed by atoms with Gasteiger partial charge in [-0.1, -0.05) is 12.1 Å². The van der Waals surface area contributed by atoms with E-state index in [9.17, 15) is 9.90 Å². The van der Waals surface area contributed by atoms with E-state index >= 15 is 0 Å². The number of hydrogen-bond donors (Lipinski definition) is 2. The van der Waals surface area contributed by atoms with Crippen LogP contribution < -0.4 is 10.6 Å². The van der Waals surface area contributed by atoms with Crippen molar-refractivity contribution < 1.29 is 14.6 Å². The van der Waals surface area contributed by atoms with Crippen LogP contribution >= 0.6 is 0 Å². The van der Waals surface area contributed by atoms with Crippen LogP contribution in [0.25, 0.3) is 0 Å². The number of nitrogen functional groups attached to an aromatic ring is 1. The van der Waals surface area contributed by atoms with E-state index in [0.29, 0.717) is 31.8 Å². The van der Waals surface area contributed by atoms with Crippen molar-refractivity contribution in [2.45, 2.75) is 13.3 Å². The average Bonchev–Trinajstić information content (AvgIpc) is 2.85. The van der Waals surface area contributed by atoms with Crippen LogP contribution in [0.5, 0.6) is 0 Å². The Labute approximate surface area is 113 Å². The van der Waals surface area contributed by atoms with Gasteiger partial charge < -0.3 is 20.5 Å². The molecule has 0 aromatic heterocycles. The van der Waals surface area contributed by atoms with E-state index in [1.807, 2.05) is 29.2 Å². The normalized spacial score (nSPS) is 22.5. The fraction of sp³-hybridized carbons (Fsp3) is 0.500. The summed E-state index contributed by atoms with van der Waals surface area (Å²) in [5, 5.41) is 9.59. The number of carbonyl (C=O) groups excluding carboxylic acids is 1. The first-order valence-corrected chi connectivity index (χ1v) is 6.50. The molecule has 1 atom stereocenters. The molecule has 1 aliphatic heterocycles. The number of anilines is 2. The molecule has 19 heavy (non-hydrogen) atoms. The van der Waals surface area contributed by atoms with Crippen LogP contribution in [0.4, 0.5) is 11.4 Å². The lowest BCUT2D eigenvalue weighted by Gasteiger charge is -2.26. The lowest BCUT2D eigenvalue weighted by molar-refractivity contribution is -0.156. The minimum atomic E-state index is -0.821. The number of aliphatic hydroxyl groups excluding tert-OH is 1. The summed E-state index contributed by atoms with van der Waals surface area (Å²) in [5.41, 5.74) is 6.71. The molecule has 1 aromatic carbocycles. The summed E-state index contributed by atoms with van der Waals surface area (Å²) in [7, 11) is 0. The Morgan fingerprint density at radius 1 is 1.53 bits per heavy atom. The summed E-state index contributed by atoms with van der Waals surface area (Å²) < 4.78 is 5.08. The smallest absolute Gasteiger partial charge is 0.316 e. The van der Waals surface area contributed by atoms with Crippen LogP contribution in [0.15, 0.2) is 24.3 Å². The van der Waals surface area contributed by atoms with Crippen molar-refractivity contribution in [1.82, 2.24) is 0 Å². The molecule has 0 bridgehead atoms. The van der Waals surface area contributed by atoms with E-state index in [-0.39, 0.29) is 12.6 Å². The molecular formula is C14H20N2O3. The van der Waals surface area contributed by atoms with Crippen molar-refractivity contribution >= 4 is 17.3 Å². The second-order valence-corrected chi connectivity index (χ2v) is 4.89. The van der Waals surface area contributed by atoms with Gasteiger partial charge in [-0.3, -0.25) is 4.79 Å². The van der Waals surface area contributed by atoms with E-state index in [1.54, 1.807) is 6.92 Å². The highest BCUT2D eigenvalue weighted by atomic mass is 16.5. The van der Waals surface area contributed by atoms with E-state index in [0.717, 1.165) is 5.69 Å². The van der Waals surface area contributed by atoms with Gasteiger partial charge in [-0.05, 0) is 25.5 Å². The predicted molar refractivity (Wildman–Crippen MR) is 73.8 cm³/mol. The zero-order valence-corrected chi connectivity index (χ0v) is 11.1. The van der Waals surface area contributed by atoms with Crippen molar-refractivity contribution in [3.05, 3.63) is 24.3 Å². The van der Waals surface area contributed by atoms with Gasteiger partial charge in [-0.25, -0.2) is 0 Å². The zero-order chi connectivity index (χ0) is 13.9. The number of nitrogens with zero attached hydrogens (tertiary/aromatic N) is 1. The van der Waals surface area contributed by atoms with Gasteiger partial charge in [0.1, 0.15) is 5.41 Å². The number of benzene rings is 1. The Kier molecular flexibility index (Phi) is 3.95. The number of aliphatic hydroxyl groups is 1. The minimum absolute atomic E-state index is 0.199. The number of esters is 1. The van der Waals surface area contributed by atoms with Gasteiger partial charge in [0.25, 0.3) is 0 Å². The summed E-state index contributed by atoms with van der Waals surface area (Å²) >= 11 is 0. The standard InChI is InChI=1S/C14H20N2O3/c1-2-19-13(18)14(10-17)7-8-16(9-14)12-6-4-3-5-11(12)15/h3-6,17H,2,7-10,15H2,1H3. The number of carbonyl (C=O) groups is 1.